The number of amides is 2. The van der Waals surface area contributed by atoms with Crippen LogP contribution in [0.4, 0.5) is 4.79 Å². The van der Waals surface area contributed by atoms with Crippen LogP contribution in [0.3, 0.4) is 0 Å². The fourth-order valence-electron chi connectivity index (χ4n) is 3.58. The Morgan fingerprint density at radius 3 is 2.48 bits per heavy atom. The first-order chi connectivity index (χ1) is 12.0. The molecule has 3 heterocycles. The molecular formula is C17H29N5O3. The second-order valence-electron chi connectivity index (χ2n) is 7.23. The lowest BCUT2D eigenvalue weighted by molar-refractivity contribution is 0.0778. The zero-order valence-corrected chi connectivity index (χ0v) is 15.5. The molecule has 3 rings (SSSR count). The molecule has 140 valence electrons. The third kappa shape index (κ3) is 4.49. The van der Waals surface area contributed by atoms with Crippen LogP contribution in [0.5, 0.6) is 0 Å². The summed E-state index contributed by atoms with van der Waals surface area (Å²) >= 11 is 0. The molecule has 0 N–H and O–H groups in total. The third-order valence-electron chi connectivity index (χ3n) is 5.21. The van der Waals surface area contributed by atoms with Crippen molar-refractivity contribution in [1.29, 1.82) is 0 Å². The fraction of sp³-hybridized carbons (Fsp3) is 0.824. The van der Waals surface area contributed by atoms with E-state index in [1.165, 1.54) is 0 Å². The van der Waals surface area contributed by atoms with E-state index in [1.807, 2.05) is 11.9 Å². The Hall–Kier alpha value is -1.67. The number of likely N-dealkylation sites (tertiary alicyclic amines) is 1. The van der Waals surface area contributed by atoms with Gasteiger partial charge >= 0.3 is 6.03 Å². The third-order valence-corrected chi connectivity index (χ3v) is 5.21. The predicted molar refractivity (Wildman–Crippen MR) is 92.2 cm³/mol. The highest BCUT2D eigenvalue weighted by Gasteiger charge is 2.27. The van der Waals surface area contributed by atoms with Gasteiger partial charge in [0.1, 0.15) is 0 Å². The van der Waals surface area contributed by atoms with Crippen molar-refractivity contribution in [2.45, 2.75) is 44.2 Å². The lowest BCUT2D eigenvalue weighted by atomic mass is 10.0. The number of carbonyl (C=O) groups excluding carboxylic acids is 1. The van der Waals surface area contributed by atoms with Crippen molar-refractivity contribution in [3.63, 3.8) is 0 Å². The molecule has 8 heteroatoms. The molecular weight excluding hydrogens is 322 g/mol. The van der Waals surface area contributed by atoms with Crippen LogP contribution in [-0.2, 0) is 11.3 Å². The summed E-state index contributed by atoms with van der Waals surface area (Å²) in [5.74, 6) is 1.86. The second kappa shape index (κ2) is 8.14. The first-order valence-corrected chi connectivity index (χ1v) is 9.11. The van der Waals surface area contributed by atoms with Crippen molar-refractivity contribution in [3.05, 3.63) is 11.7 Å². The highest BCUT2D eigenvalue weighted by atomic mass is 16.5. The maximum Gasteiger partial charge on any atom is 0.319 e. The Morgan fingerprint density at radius 2 is 1.84 bits per heavy atom. The largest absolute Gasteiger partial charge is 0.381 e. The number of rotatable bonds is 4. The summed E-state index contributed by atoms with van der Waals surface area (Å²) < 4.78 is 10.8. The average Bonchev–Trinajstić information content (AvgIpc) is 3.10. The van der Waals surface area contributed by atoms with E-state index < -0.39 is 0 Å². The number of nitrogens with zero attached hydrogens (tertiary/aromatic N) is 5. The number of carbonyl (C=O) groups is 1. The normalized spacial score (nSPS) is 20.6. The van der Waals surface area contributed by atoms with E-state index in [0.717, 1.165) is 63.7 Å². The molecule has 0 aromatic carbocycles. The SMILES string of the molecule is CN(C)C(=O)N(C)C1CCN(Cc2noc(C3CCOCC3)n2)CC1. The predicted octanol–water partition coefficient (Wildman–Crippen LogP) is 1.54. The highest BCUT2D eigenvalue weighted by molar-refractivity contribution is 5.73. The molecule has 8 nitrogen and oxygen atoms in total. The van der Waals surface area contributed by atoms with E-state index >= 15 is 0 Å². The van der Waals surface area contributed by atoms with Gasteiger partial charge in [0.2, 0.25) is 5.89 Å². The van der Waals surface area contributed by atoms with Gasteiger partial charge in [-0.1, -0.05) is 5.16 Å². The molecule has 2 aliphatic heterocycles. The number of hydrogen-bond acceptors (Lipinski definition) is 6. The van der Waals surface area contributed by atoms with Crippen LogP contribution in [0.2, 0.25) is 0 Å². The summed E-state index contributed by atoms with van der Waals surface area (Å²) in [6, 6.07) is 0.368. The number of ether oxygens (including phenoxy) is 1. The molecule has 2 fully saturated rings. The first-order valence-electron chi connectivity index (χ1n) is 9.11. The van der Waals surface area contributed by atoms with Crippen molar-refractivity contribution in [3.8, 4) is 0 Å². The average molecular weight is 351 g/mol. The first kappa shape index (κ1) is 18.1. The van der Waals surface area contributed by atoms with Crippen molar-refractivity contribution in [2.75, 3.05) is 47.4 Å². The van der Waals surface area contributed by atoms with E-state index in [4.69, 9.17) is 9.26 Å². The van der Waals surface area contributed by atoms with Crippen LogP contribution in [0.1, 0.15) is 43.3 Å². The summed E-state index contributed by atoms with van der Waals surface area (Å²) in [5, 5.41) is 4.15. The fourth-order valence-corrected chi connectivity index (χ4v) is 3.58. The van der Waals surface area contributed by atoms with Crippen molar-refractivity contribution >= 4 is 6.03 Å². The Bertz CT molecular complexity index is 562. The highest BCUT2D eigenvalue weighted by Crippen LogP contribution is 2.25. The summed E-state index contributed by atoms with van der Waals surface area (Å²) in [4.78, 5) is 22.5. The van der Waals surface area contributed by atoms with Gasteiger partial charge < -0.3 is 19.1 Å². The molecule has 0 bridgehead atoms. The lowest BCUT2D eigenvalue weighted by Crippen LogP contribution is -2.48. The number of urea groups is 1. The molecule has 1 aromatic heterocycles. The quantitative estimate of drug-likeness (QED) is 0.819. The Labute approximate surface area is 149 Å². The monoisotopic (exact) mass is 351 g/mol. The van der Waals surface area contributed by atoms with Crippen molar-refractivity contribution in [2.24, 2.45) is 0 Å². The maximum absolute atomic E-state index is 12.1. The molecule has 2 aliphatic rings. The van der Waals surface area contributed by atoms with Crippen LogP contribution < -0.4 is 0 Å². The maximum atomic E-state index is 12.1. The summed E-state index contributed by atoms with van der Waals surface area (Å²) in [5.41, 5.74) is 0. The zero-order chi connectivity index (χ0) is 17.8. The number of aromatic nitrogens is 2. The van der Waals surface area contributed by atoms with Crippen LogP contribution in [0.15, 0.2) is 4.52 Å². The number of hydrogen-bond donors (Lipinski definition) is 0. The lowest BCUT2D eigenvalue weighted by Gasteiger charge is -2.37. The van der Waals surface area contributed by atoms with Gasteiger partial charge in [-0.2, -0.15) is 4.98 Å². The van der Waals surface area contributed by atoms with E-state index in [2.05, 4.69) is 15.0 Å². The minimum absolute atomic E-state index is 0.0673. The van der Waals surface area contributed by atoms with Gasteiger partial charge in [0, 0.05) is 59.4 Å². The summed E-state index contributed by atoms with van der Waals surface area (Å²) in [7, 11) is 5.47. The Kier molecular flexibility index (Phi) is 5.90. The zero-order valence-electron chi connectivity index (χ0n) is 15.5. The van der Waals surface area contributed by atoms with Crippen LogP contribution >= 0.6 is 0 Å². The molecule has 0 radical (unpaired) electrons. The molecule has 0 atom stereocenters. The van der Waals surface area contributed by atoms with Crippen molar-refractivity contribution < 1.29 is 14.1 Å². The van der Waals surface area contributed by atoms with E-state index in [9.17, 15) is 4.79 Å². The molecule has 2 amide bonds. The summed E-state index contributed by atoms with van der Waals surface area (Å²) in [6.07, 6.45) is 3.86. The molecule has 0 spiro atoms. The van der Waals surface area contributed by atoms with E-state index in [-0.39, 0.29) is 6.03 Å². The van der Waals surface area contributed by atoms with Gasteiger partial charge in [-0.3, -0.25) is 4.90 Å². The smallest absolute Gasteiger partial charge is 0.319 e. The Balaban J connectivity index is 1.47. The van der Waals surface area contributed by atoms with Gasteiger partial charge in [-0.15, -0.1) is 0 Å². The van der Waals surface area contributed by atoms with Gasteiger partial charge in [0.25, 0.3) is 0 Å². The topological polar surface area (TPSA) is 74.9 Å². The molecule has 0 unspecified atom stereocenters. The molecule has 0 saturated carbocycles. The van der Waals surface area contributed by atoms with E-state index in [1.54, 1.807) is 19.0 Å². The number of piperidine rings is 1. The van der Waals surface area contributed by atoms with Crippen LogP contribution in [0.25, 0.3) is 0 Å². The molecule has 0 aliphatic carbocycles. The van der Waals surface area contributed by atoms with Crippen LogP contribution in [0, 0.1) is 0 Å². The second-order valence-corrected chi connectivity index (χ2v) is 7.23. The molecule has 1 aromatic rings. The standard InChI is InChI=1S/C17H29N5O3/c1-20(2)17(23)21(3)14-4-8-22(9-5-14)12-15-18-16(25-19-15)13-6-10-24-11-7-13/h13-14H,4-12H2,1-3H3. The molecule has 2 saturated heterocycles. The van der Waals surface area contributed by atoms with Gasteiger partial charge in [-0.25, -0.2) is 4.79 Å². The van der Waals surface area contributed by atoms with Gasteiger partial charge in [-0.05, 0) is 25.7 Å². The Morgan fingerprint density at radius 1 is 1.16 bits per heavy atom. The van der Waals surface area contributed by atoms with Crippen LogP contribution in [-0.4, -0.2) is 84.4 Å². The van der Waals surface area contributed by atoms with E-state index in [0.29, 0.717) is 18.5 Å². The summed E-state index contributed by atoms with van der Waals surface area (Å²) in [6.45, 7) is 4.14. The minimum Gasteiger partial charge on any atom is -0.381 e. The van der Waals surface area contributed by atoms with Crippen molar-refractivity contribution in [1.82, 2.24) is 24.8 Å². The minimum atomic E-state index is 0.0673. The van der Waals surface area contributed by atoms with Gasteiger partial charge in [0.15, 0.2) is 5.82 Å². The molecule has 25 heavy (non-hydrogen) atoms. The van der Waals surface area contributed by atoms with Gasteiger partial charge in [0.05, 0.1) is 6.54 Å².